The number of fused-ring (bicyclic) bond motifs is 2. The zero-order valence-electron chi connectivity index (χ0n) is 20.6. The monoisotopic (exact) mass is 477 g/mol. The van der Waals surface area contributed by atoms with Crippen molar-refractivity contribution in [2.24, 2.45) is 7.05 Å². The molecule has 1 aliphatic heterocycles. The standard InChI is InChI=1S/C28H27N7O/c1-5-24(36)35-10-9-18-7-8-19(11-23(18)35)26-25-17(3)22(20-12-31-34(6-2)16-20)14-29-28(25)32-27(26)21-13-30-33(4)15-21/h5,7-8,11-16H,1,6,9-10H2,2-4H3,(H,29,32). The second kappa shape index (κ2) is 8.34. The van der Waals surface area contributed by atoms with E-state index in [1.807, 2.05) is 36.5 Å². The van der Waals surface area contributed by atoms with E-state index in [1.165, 1.54) is 11.6 Å². The second-order valence-corrected chi connectivity index (χ2v) is 9.17. The van der Waals surface area contributed by atoms with Gasteiger partial charge in [0.1, 0.15) is 5.65 Å². The molecule has 1 aliphatic rings. The SMILES string of the molecule is C=CC(=O)N1CCc2ccc(-c3c(-c4cnn(C)c4)[nH]c4ncc(-c5cnn(CC)c5)c(C)c34)cc21. The molecule has 0 atom stereocenters. The van der Waals surface area contributed by atoms with Gasteiger partial charge in [0.05, 0.1) is 18.1 Å². The fourth-order valence-electron chi connectivity index (χ4n) is 5.21. The molecule has 5 heterocycles. The highest BCUT2D eigenvalue weighted by atomic mass is 16.2. The lowest BCUT2D eigenvalue weighted by molar-refractivity contribution is -0.114. The second-order valence-electron chi connectivity index (χ2n) is 9.17. The zero-order chi connectivity index (χ0) is 25.0. The Morgan fingerprint density at radius 1 is 1.14 bits per heavy atom. The van der Waals surface area contributed by atoms with Gasteiger partial charge >= 0.3 is 0 Å². The first kappa shape index (κ1) is 22.0. The van der Waals surface area contributed by atoms with Gasteiger partial charge in [0.2, 0.25) is 5.91 Å². The maximum Gasteiger partial charge on any atom is 0.250 e. The number of carbonyl (C=O) groups is 1. The van der Waals surface area contributed by atoms with E-state index in [2.05, 4.69) is 60.0 Å². The molecule has 0 saturated heterocycles. The molecule has 0 spiro atoms. The number of rotatable bonds is 5. The Bertz CT molecular complexity index is 1650. The van der Waals surface area contributed by atoms with Crippen molar-refractivity contribution in [3.05, 3.63) is 73.0 Å². The Labute approximate surface area is 208 Å². The summed E-state index contributed by atoms with van der Waals surface area (Å²) in [7, 11) is 1.91. The smallest absolute Gasteiger partial charge is 0.250 e. The highest BCUT2D eigenvalue weighted by Crippen LogP contribution is 2.43. The van der Waals surface area contributed by atoms with Gasteiger partial charge in [-0.1, -0.05) is 18.7 Å². The van der Waals surface area contributed by atoms with Gasteiger partial charge in [-0.15, -0.1) is 0 Å². The summed E-state index contributed by atoms with van der Waals surface area (Å²) in [5.41, 5.74) is 10.1. The third-order valence-corrected chi connectivity index (χ3v) is 7.05. The van der Waals surface area contributed by atoms with E-state index < -0.39 is 0 Å². The Morgan fingerprint density at radius 3 is 2.69 bits per heavy atom. The van der Waals surface area contributed by atoms with Crippen molar-refractivity contribution in [1.82, 2.24) is 29.5 Å². The lowest BCUT2D eigenvalue weighted by atomic mass is 9.94. The van der Waals surface area contributed by atoms with Gasteiger partial charge in [0, 0.05) is 72.1 Å². The van der Waals surface area contributed by atoms with Crippen LogP contribution < -0.4 is 4.90 Å². The number of aromatic nitrogens is 6. The van der Waals surface area contributed by atoms with E-state index in [4.69, 9.17) is 4.98 Å². The number of anilines is 1. The number of H-pyrrole nitrogens is 1. The van der Waals surface area contributed by atoms with E-state index >= 15 is 0 Å². The molecule has 0 unspecified atom stereocenters. The lowest BCUT2D eigenvalue weighted by Gasteiger charge is -2.16. The summed E-state index contributed by atoms with van der Waals surface area (Å²) < 4.78 is 3.71. The summed E-state index contributed by atoms with van der Waals surface area (Å²) >= 11 is 0. The number of aryl methyl sites for hydroxylation is 3. The summed E-state index contributed by atoms with van der Waals surface area (Å²) in [5.74, 6) is -0.0784. The minimum Gasteiger partial charge on any atom is -0.339 e. The van der Waals surface area contributed by atoms with E-state index in [1.54, 1.807) is 9.58 Å². The van der Waals surface area contributed by atoms with Crippen molar-refractivity contribution in [2.75, 3.05) is 11.4 Å². The molecular formula is C28H27N7O. The third-order valence-electron chi connectivity index (χ3n) is 7.05. The number of nitrogens with zero attached hydrogens (tertiary/aromatic N) is 6. The summed E-state index contributed by atoms with van der Waals surface area (Å²) in [6.45, 7) is 9.37. The number of carbonyl (C=O) groups excluding carboxylic acids is 1. The normalized spacial score (nSPS) is 12.9. The van der Waals surface area contributed by atoms with Crippen LogP contribution in [0.25, 0.3) is 44.5 Å². The number of nitrogens with one attached hydrogen (secondary N) is 1. The minimum absolute atomic E-state index is 0.0784. The van der Waals surface area contributed by atoms with Crippen LogP contribution in [0, 0.1) is 6.92 Å². The Hall–Kier alpha value is -4.46. The number of aromatic amines is 1. The largest absolute Gasteiger partial charge is 0.339 e. The molecule has 0 saturated carbocycles. The molecular weight excluding hydrogens is 450 g/mol. The molecule has 6 rings (SSSR count). The number of amides is 1. The van der Waals surface area contributed by atoms with E-state index in [0.29, 0.717) is 6.54 Å². The number of pyridine rings is 1. The number of hydrogen-bond donors (Lipinski definition) is 1. The predicted molar refractivity (Wildman–Crippen MR) is 142 cm³/mol. The molecule has 0 aliphatic carbocycles. The highest BCUT2D eigenvalue weighted by molar-refractivity contribution is 6.07. The van der Waals surface area contributed by atoms with Crippen molar-refractivity contribution in [2.45, 2.75) is 26.8 Å². The zero-order valence-corrected chi connectivity index (χ0v) is 20.6. The van der Waals surface area contributed by atoms with E-state index in [9.17, 15) is 4.79 Å². The molecule has 0 bridgehead atoms. The average Bonchev–Trinajstić information content (AvgIpc) is 3.67. The van der Waals surface area contributed by atoms with Crippen molar-refractivity contribution in [3.8, 4) is 33.5 Å². The van der Waals surface area contributed by atoms with Gasteiger partial charge < -0.3 is 9.88 Å². The van der Waals surface area contributed by atoms with Gasteiger partial charge in [0.25, 0.3) is 0 Å². The van der Waals surface area contributed by atoms with Crippen molar-refractivity contribution in [1.29, 1.82) is 0 Å². The molecule has 4 aromatic heterocycles. The molecule has 1 aromatic carbocycles. The van der Waals surface area contributed by atoms with E-state index in [-0.39, 0.29) is 5.91 Å². The highest BCUT2D eigenvalue weighted by Gasteiger charge is 2.26. The lowest BCUT2D eigenvalue weighted by Crippen LogP contribution is -2.26. The maximum atomic E-state index is 12.5. The van der Waals surface area contributed by atoms with E-state index in [0.717, 1.165) is 68.8 Å². The number of hydrogen-bond acceptors (Lipinski definition) is 4. The topological polar surface area (TPSA) is 84.6 Å². The van der Waals surface area contributed by atoms with Crippen molar-refractivity contribution in [3.63, 3.8) is 0 Å². The van der Waals surface area contributed by atoms with Crippen LogP contribution in [0.4, 0.5) is 5.69 Å². The summed E-state index contributed by atoms with van der Waals surface area (Å²) in [5, 5.41) is 9.92. The fourth-order valence-corrected chi connectivity index (χ4v) is 5.21. The molecule has 5 aromatic rings. The van der Waals surface area contributed by atoms with Crippen LogP contribution in [0.15, 0.2) is 61.8 Å². The summed E-state index contributed by atoms with van der Waals surface area (Å²) in [4.78, 5) is 22.7. The quantitative estimate of drug-likeness (QED) is 0.365. The molecule has 180 valence electrons. The summed E-state index contributed by atoms with van der Waals surface area (Å²) in [6, 6.07) is 6.39. The Kier molecular flexibility index (Phi) is 5.10. The van der Waals surface area contributed by atoms with Gasteiger partial charge in [-0.2, -0.15) is 10.2 Å². The average molecular weight is 478 g/mol. The predicted octanol–water partition coefficient (Wildman–Crippen LogP) is 4.90. The van der Waals surface area contributed by atoms with Crippen LogP contribution in [0.2, 0.25) is 0 Å². The van der Waals surface area contributed by atoms with Crippen molar-refractivity contribution >= 4 is 22.6 Å². The minimum atomic E-state index is -0.0784. The van der Waals surface area contributed by atoms with Crippen LogP contribution in [0.1, 0.15) is 18.1 Å². The molecule has 1 amide bonds. The van der Waals surface area contributed by atoms with Gasteiger partial charge in [-0.25, -0.2) is 4.98 Å². The fraction of sp³-hybridized carbons (Fsp3) is 0.214. The van der Waals surface area contributed by atoms with Crippen LogP contribution in [-0.2, 0) is 24.8 Å². The van der Waals surface area contributed by atoms with Crippen LogP contribution >= 0.6 is 0 Å². The van der Waals surface area contributed by atoms with Crippen LogP contribution in [0.3, 0.4) is 0 Å². The van der Waals surface area contributed by atoms with Crippen LogP contribution in [0.5, 0.6) is 0 Å². The Morgan fingerprint density at radius 2 is 1.97 bits per heavy atom. The Balaban J connectivity index is 1.62. The first-order valence-electron chi connectivity index (χ1n) is 12.1. The van der Waals surface area contributed by atoms with Gasteiger partial charge in [-0.3, -0.25) is 14.2 Å². The molecule has 8 nitrogen and oxygen atoms in total. The first-order chi connectivity index (χ1) is 17.5. The van der Waals surface area contributed by atoms with Gasteiger partial charge in [-0.05, 0) is 49.1 Å². The van der Waals surface area contributed by atoms with Crippen LogP contribution in [-0.4, -0.2) is 42.0 Å². The maximum absolute atomic E-state index is 12.5. The summed E-state index contributed by atoms with van der Waals surface area (Å²) in [6.07, 6.45) is 11.9. The molecule has 0 fully saturated rings. The number of benzene rings is 1. The first-order valence-corrected chi connectivity index (χ1v) is 12.1. The molecule has 1 N–H and O–H groups in total. The van der Waals surface area contributed by atoms with Gasteiger partial charge in [0.15, 0.2) is 0 Å². The van der Waals surface area contributed by atoms with Crippen molar-refractivity contribution < 1.29 is 4.79 Å². The third kappa shape index (κ3) is 3.37. The molecule has 0 radical (unpaired) electrons. The molecule has 8 heteroatoms. The molecule has 36 heavy (non-hydrogen) atoms.